The predicted octanol–water partition coefficient (Wildman–Crippen LogP) is 1.89. The van der Waals surface area contributed by atoms with Crippen molar-refractivity contribution in [2.45, 2.75) is 25.1 Å². The number of nitrogens with one attached hydrogen (secondary N) is 2. The molecule has 0 radical (unpaired) electrons. The van der Waals surface area contributed by atoms with Gasteiger partial charge in [0.15, 0.2) is 0 Å². The summed E-state index contributed by atoms with van der Waals surface area (Å²) in [7, 11) is 1.25. The van der Waals surface area contributed by atoms with E-state index in [1.807, 2.05) is 0 Å². The lowest BCUT2D eigenvalue weighted by Crippen LogP contribution is -2.38. The first-order valence-corrected chi connectivity index (χ1v) is 6.57. The Balaban J connectivity index is 2.14. The van der Waals surface area contributed by atoms with Gasteiger partial charge in [-0.25, -0.2) is 0 Å². The number of amides is 1. The van der Waals surface area contributed by atoms with Crippen molar-refractivity contribution < 1.29 is 27.5 Å². The molecule has 22 heavy (non-hydrogen) atoms. The maximum atomic E-state index is 12.7. The first-order chi connectivity index (χ1) is 10.2. The van der Waals surface area contributed by atoms with E-state index in [0.29, 0.717) is 5.56 Å². The Morgan fingerprint density at radius 1 is 1.45 bits per heavy atom. The van der Waals surface area contributed by atoms with Gasteiger partial charge in [0.05, 0.1) is 18.6 Å². The van der Waals surface area contributed by atoms with Gasteiger partial charge in [0.25, 0.3) is 0 Å². The molecule has 0 aliphatic carbocycles. The van der Waals surface area contributed by atoms with Crippen molar-refractivity contribution in [2.75, 3.05) is 19.0 Å². The summed E-state index contributed by atoms with van der Waals surface area (Å²) in [5, 5.41) is 5.27. The highest BCUT2D eigenvalue weighted by Gasteiger charge is 2.35. The van der Waals surface area contributed by atoms with Crippen LogP contribution >= 0.6 is 0 Å². The van der Waals surface area contributed by atoms with Crippen molar-refractivity contribution in [1.82, 2.24) is 5.32 Å². The summed E-state index contributed by atoms with van der Waals surface area (Å²) in [5.41, 5.74) is -0.192. The summed E-state index contributed by atoms with van der Waals surface area (Å²) >= 11 is 0. The molecular formula is C14H15F3N2O3. The second-order valence-corrected chi connectivity index (χ2v) is 4.99. The number of rotatable bonds is 4. The average Bonchev–Trinajstić information content (AvgIpc) is 2.77. The second-order valence-electron chi connectivity index (χ2n) is 4.99. The molecule has 1 aliphatic heterocycles. The highest BCUT2D eigenvalue weighted by atomic mass is 19.4. The normalized spacial score (nSPS) is 18.6. The smallest absolute Gasteiger partial charge is 0.416 e. The molecule has 2 atom stereocenters. The molecule has 0 fully saturated rings. The molecule has 2 rings (SSSR count). The summed E-state index contributed by atoms with van der Waals surface area (Å²) in [6.07, 6.45) is -4.46. The van der Waals surface area contributed by atoms with E-state index >= 15 is 0 Å². The minimum Gasteiger partial charge on any atom is -0.468 e. The fourth-order valence-electron chi connectivity index (χ4n) is 2.26. The largest absolute Gasteiger partial charge is 0.468 e. The molecular weight excluding hydrogens is 301 g/mol. The van der Waals surface area contributed by atoms with Crippen molar-refractivity contribution >= 4 is 17.6 Å². The lowest BCUT2D eigenvalue weighted by molar-refractivity contribution is -0.142. The molecule has 2 N–H and O–H groups in total. The zero-order valence-electron chi connectivity index (χ0n) is 12.0. The van der Waals surface area contributed by atoms with Gasteiger partial charge in [-0.15, -0.1) is 0 Å². The van der Waals surface area contributed by atoms with Crippen LogP contribution < -0.4 is 10.6 Å². The van der Waals surface area contributed by atoms with Crippen LogP contribution in [0, 0.1) is 0 Å². The third kappa shape index (κ3) is 3.22. The Bertz CT molecular complexity index is 601. The lowest BCUT2D eigenvalue weighted by Gasteiger charge is -2.15. The standard InChI is InChI=1S/C14H15F3N2O3/c1-7(13(21)22-2)18-6-10-9-4-3-8(14(15,16)17)5-11(9)19-12(10)20/h3-5,7,10,18H,6H2,1-2H3,(H,19,20). The molecule has 0 saturated heterocycles. The van der Waals surface area contributed by atoms with Gasteiger partial charge >= 0.3 is 12.1 Å². The predicted molar refractivity (Wildman–Crippen MR) is 72.3 cm³/mol. The van der Waals surface area contributed by atoms with Crippen LogP contribution in [0.4, 0.5) is 18.9 Å². The Hall–Kier alpha value is -2.09. The molecule has 8 heteroatoms. The second kappa shape index (κ2) is 5.96. The molecule has 2 unspecified atom stereocenters. The molecule has 1 amide bonds. The summed E-state index contributed by atoms with van der Waals surface area (Å²) < 4.78 is 42.5. The monoisotopic (exact) mass is 316 g/mol. The van der Waals surface area contributed by atoms with Crippen molar-refractivity contribution in [1.29, 1.82) is 0 Å². The summed E-state index contributed by atoms with van der Waals surface area (Å²) in [5.74, 6) is -1.53. The number of alkyl halides is 3. The number of methoxy groups -OCH3 is 1. The van der Waals surface area contributed by atoms with Gasteiger partial charge < -0.3 is 15.4 Å². The van der Waals surface area contributed by atoms with Gasteiger partial charge in [-0.2, -0.15) is 13.2 Å². The third-order valence-electron chi connectivity index (χ3n) is 3.51. The number of esters is 1. The van der Waals surface area contributed by atoms with Crippen molar-refractivity contribution in [3.8, 4) is 0 Å². The SMILES string of the molecule is COC(=O)C(C)NCC1C(=O)Nc2cc(C(F)(F)F)ccc21. The van der Waals surface area contributed by atoms with Crippen LogP contribution in [0.25, 0.3) is 0 Å². The summed E-state index contributed by atoms with van der Waals surface area (Å²) in [6, 6.07) is 2.52. The molecule has 0 bridgehead atoms. The minimum atomic E-state index is -4.46. The van der Waals surface area contributed by atoms with E-state index in [0.717, 1.165) is 12.1 Å². The highest BCUT2D eigenvalue weighted by molar-refractivity contribution is 6.03. The zero-order valence-corrected chi connectivity index (χ0v) is 12.0. The average molecular weight is 316 g/mol. The number of anilines is 1. The number of carbonyl (C=O) groups excluding carboxylic acids is 2. The number of ether oxygens (including phenoxy) is 1. The molecule has 0 saturated carbocycles. The summed E-state index contributed by atoms with van der Waals surface area (Å²) in [4.78, 5) is 23.2. The maximum Gasteiger partial charge on any atom is 0.416 e. The molecule has 5 nitrogen and oxygen atoms in total. The van der Waals surface area contributed by atoms with Gasteiger partial charge in [-0.3, -0.25) is 9.59 Å². The number of hydrogen-bond donors (Lipinski definition) is 2. The van der Waals surface area contributed by atoms with E-state index in [1.165, 1.54) is 13.2 Å². The first kappa shape index (κ1) is 16.3. The van der Waals surface area contributed by atoms with Crippen molar-refractivity contribution in [3.63, 3.8) is 0 Å². The van der Waals surface area contributed by atoms with Crippen LogP contribution in [0.3, 0.4) is 0 Å². The Morgan fingerprint density at radius 3 is 2.73 bits per heavy atom. The molecule has 120 valence electrons. The van der Waals surface area contributed by atoms with Crippen LogP contribution in [0.1, 0.15) is 24.0 Å². The highest BCUT2D eigenvalue weighted by Crippen LogP contribution is 2.37. The van der Waals surface area contributed by atoms with Crippen molar-refractivity contribution in [2.24, 2.45) is 0 Å². The van der Waals surface area contributed by atoms with Gasteiger partial charge in [0, 0.05) is 12.2 Å². The van der Waals surface area contributed by atoms with Gasteiger partial charge in [0.2, 0.25) is 5.91 Å². The van der Waals surface area contributed by atoms with Crippen LogP contribution in [0.2, 0.25) is 0 Å². The fourth-order valence-corrected chi connectivity index (χ4v) is 2.26. The number of fused-ring (bicyclic) bond motifs is 1. The maximum absolute atomic E-state index is 12.7. The van der Waals surface area contributed by atoms with E-state index in [1.54, 1.807) is 6.92 Å². The Labute approximate surface area is 124 Å². The molecule has 0 spiro atoms. The number of hydrogen-bond acceptors (Lipinski definition) is 4. The Morgan fingerprint density at radius 2 is 2.14 bits per heavy atom. The van der Waals surface area contributed by atoms with Gasteiger partial charge in [0.1, 0.15) is 6.04 Å². The van der Waals surface area contributed by atoms with Crippen LogP contribution in [0.15, 0.2) is 18.2 Å². The molecule has 1 aliphatic rings. The lowest BCUT2D eigenvalue weighted by atomic mass is 9.99. The summed E-state index contributed by atoms with van der Waals surface area (Å²) in [6.45, 7) is 1.70. The van der Waals surface area contributed by atoms with Crippen LogP contribution in [-0.4, -0.2) is 31.6 Å². The fraction of sp³-hybridized carbons (Fsp3) is 0.429. The molecule has 1 aromatic rings. The quantitative estimate of drug-likeness (QED) is 0.833. The van der Waals surface area contributed by atoms with Gasteiger partial charge in [-0.1, -0.05) is 6.07 Å². The van der Waals surface area contributed by atoms with E-state index in [2.05, 4.69) is 15.4 Å². The van der Waals surface area contributed by atoms with E-state index in [-0.39, 0.29) is 12.2 Å². The number of halogens is 3. The van der Waals surface area contributed by atoms with Crippen molar-refractivity contribution in [3.05, 3.63) is 29.3 Å². The van der Waals surface area contributed by atoms with Crippen LogP contribution in [0.5, 0.6) is 0 Å². The van der Waals surface area contributed by atoms with Gasteiger partial charge in [-0.05, 0) is 24.6 Å². The van der Waals surface area contributed by atoms with Crippen LogP contribution in [-0.2, 0) is 20.5 Å². The topological polar surface area (TPSA) is 67.4 Å². The van der Waals surface area contributed by atoms with E-state index < -0.39 is 35.6 Å². The third-order valence-corrected chi connectivity index (χ3v) is 3.51. The zero-order chi connectivity index (χ0) is 16.5. The van der Waals surface area contributed by atoms with E-state index in [9.17, 15) is 22.8 Å². The number of carbonyl (C=O) groups is 2. The molecule has 0 aromatic heterocycles. The number of benzene rings is 1. The first-order valence-electron chi connectivity index (χ1n) is 6.57. The molecule has 1 heterocycles. The van der Waals surface area contributed by atoms with E-state index in [4.69, 9.17) is 0 Å². The minimum absolute atomic E-state index is 0.125. The Kier molecular flexibility index (Phi) is 4.41. The molecule has 1 aromatic carbocycles.